The summed E-state index contributed by atoms with van der Waals surface area (Å²) in [5.41, 5.74) is -0.0834. The van der Waals surface area contributed by atoms with Crippen LogP contribution in [0.3, 0.4) is 0 Å². The van der Waals surface area contributed by atoms with Gasteiger partial charge in [0.15, 0.2) is 0 Å². The number of nitrogens with one attached hydrogen (secondary N) is 2. The van der Waals surface area contributed by atoms with E-state index in [0.29, 0.717) is 31.7 Å². The third kappa shape index (κ3) is 7.02. The minimum absolute atomic E-state index is 0.111. The number of benzene rings is 2. The van der Waals surface area contributed by atoms with Gasteiger partial charge in [0.1, 0.15) is 11.6 Å². The molecule has 2 N–H and O–H groups in total. The lowest BCUT2D eigenvalue weighted by Gasteiger charge is -2.08. The molecule has 0 radical (unpaired) electrons. The van der Waals surface area contributed by atoms with Crippen molar-refractivity contribution in [2.75, 3.05) is 19.7 Å². The number of hydrogen-bond donors (Lipinski definition) is 2. The maximum atomic E-state index is 12.8. The third-order valence-corrected chi connectivity index (χ3v) is 3.70. The lowest BCUT2D eigenvalue weighted by molar-refractivity contribution is -0.384. The summed E-state index contributed by atoms with van der Waals surface area (Å²) in [6, 6.07) is 11.0. The number of unbranched alkanes of at least 4 members (excludes halogenated alkanes) is 1. The van der Waals surface area contributed by atoms with E-state index >= 15 is 0 Å². The third-order valence-electron chi connectivity index (χ3n) is 3.70. The van der Waals surface area contributed by atoms with E-state index in [1.165, 1.54) is 30.3 Å². The second kappa shape index (κ2) is 10.6. The van der Waals surface area contributed by atoms with Crippen LogP contribution < -0.4 is 15.4 Å². The maximum absolute atomic E-state index is 12.8. The van der Waals surface area contributed by atoms with Gasteiger partial charge in [0.05, 0.1) is 18.1 Å². The summed E-state index contributed by atoms with van der Waals surface area (Å²) in [5, 5.41) is 15.8. The minimum atomic E-state index is -0.594. The number of halogens is 1. The number of nitro benzene ring substituents is 1. The number of non-ortho nitro benzene ring substituents is 1. The molecule has 2 amide bonds. The standard InChI is InChI=1S/C19H20FN3O5/c20-15-6-8-17(9-7-15)28-11-2-1-10-21-18(24)13-22-19(25)14-4-3-5-16(12-14)23(26)27/h3-9,12H,1-2,10-11,13H2,(H,21,24)(H,22,25). The zero-order valence-electron chi connectivity index (χ0n) is 15.0. The molecular formula is C19H20FN3O5. The van der Waals surface area contributed by atoms with Crippen molar-refractivity contribution in [1.82, 2.24) is 10.6 Å². The van der Waals surface area contributed by atoms with Gasteiger partial charge in [0.25, 0.3) is 11.6 Å². The zero-order valence-corrected chi connectivity index (χ0v) is 15.0. The van der Waals surface area contributed by atoms with Gasteiger partial charge in [-0.15, -0.1) is 0 Å². The summed E-state index contributed by atoms with van der Waals surface area (Å²) in [6.07, 6.45) is 1.36. The molecule has 0 spiro atoms. The van der Waals surface area contributed by atoms with Gasteiger partial charge in [-0.1, -0.05) is 6.07 Å². The topological polar surface area (TPSA) is 111 Å². The lowest BCUT2D eigenvalue weighted by Crippen LogP contribution is -2.37. The molecule has 28 heavy (non-hydrogen) atoms. The Bertz CT molecular complexity index is 827. The average molecular weight is 389 g/mol. The quantitative estimate of drug-likeness (QED) is 0.368. The molecule has 8 nitrogen and oxygen atoms in total. The van der Waals surface area contributed by atoms with Crippen LogP contribution in [0.15, 0.2) is 48.5 Å². The first-order chi connectivity index (χ1) is 13.5. The highest BCUT2D eigenvalue weighted by atomic mass is 19.1. The Balaban J connectivity index is 1.59. The first-order valence-electron chi connectivity index (χ1n) is 8.63. The molecule has 0 aliphatic carbocycles. The number of nitro groups is 1. The van der Waals surface area contributed by atoms with E-state index in [0.717, 1.165) is 6.07 Å². The van der Waals surface area contributed by atoms with E-state index in [1.807, 2.05) is 0 Å². The molecule has 0 saturated carbocycles. The van der Waals surface area contributed by atoms with Gasteiger partial charge < -0.3 is 15.4 Å². The van der Waals surface area contributed by atoms with Gasteiger partial charge in [-0.3, -0.25) is 19.7 Å². The zero-order chi connectivity index (χ0) is 20.4. The van der Waals surface area contributed by atoms with Crippen LogP contribution in [0.4, 0.5) is 10.1 Å². The van der Waals surface area contributed by atoms with E-state index in [4.69, 9.17) is 4.74 Å². The van der Waals surface area contributed by atoms with Crippen molar-refractivity contribution in [3.63, 3.8) is 0 Å². The van der Waals surface area contributed by atoms with Crippen LogP contribution in [0, 0.1) is 15.9 Å². The molecule has 0 atom stereocenters. The average Bonchev–Trinajstić information content (AvgIpc) is 2.70. The van der Waals surface area contributed by atoms with Crippen molar-refractivity contribution < 1.29 is 23.6 Å². The lowest BCUT2D eigenvalue weighted by atomic mass is 10.2. The van der Waals surface area contributed by atoms with E-state index in [-0.39, 0.29) is 29.5 Å². The Labute approximate surface area is 160 Å². The molecule has 0 unspecified atom stereocenters. The molecule has 148 valence electrons. The molecule has 0 heterocycles. The van der Waals surface area contributed by atoms with Crippen molar-refractivity contribution in [1.29, 1.82) is 0 Å². The fraction of sp³-hybridized carbons (Fsp3) is 0.263. The van der Waals surface area contributed by atoms with Crippen molar-refractivity contribution >= 4 is 17.5 Å². The largest absolute Gasteiger partial charge is 0.494 e. The molecule has 9 heteroatoms. The predicted octanol–water partition coefficient (Wildman–Crippen LogP) is 2.44. The van der Waals surface area contributed by atoms with Gasteiger partial charge in [0.2, 0.25) is 5.91 Å². The van der Waals surface area contributed by atoms with Gasteiger partial charge in [-0.05, 0) is 43.2 Å². The smallest absolute Gasteiger partial charge is 0.270 e. The molecule has 2 aromatic rings. The fourth-order valence-electron chi connectivity index (χ4n) is 2.26. The molecule has 0 saturated heterocycles. The van der Waals surface area contributed by atoms with Crippen LogP contribution in [-0.4, -0.2) is 36.4 Å². The highest BCUT2D eigenvalue weighted by molar-refractivity contribution is 5.96. The second-order valence-electron chi connectivity index (χ2n) is 5.85. The number of ether oxygens (including phenoxy) is 1. The van der Waals surface area contributed by atoms with Gasteiger partial charge in [0, 0.05) is 24.2 Å². The minimum Gasteiger partial charge on any atom is -0.494 e. The number of carbonyl (C=O) groups is 2. The summed E-state index contributed by atoms with van der Waals surface area (Å²) in [4.78, 5) is 33.8. The van der Waals surface area contributed by atoms with Crippen molar-refractivity contribution in [3.05, 3.63) is 70.0 Å². The van der Waals surface area contributed by atoms with E-state index < -0.39 is 10.8 Å². The summed E-state index contributed by atoms with van der Waals surface area (Å²) in [6.45, 7) is 0.622. The first-order valence-corrected chi connectivity index (χ1v) is 8.63. The number of carbonyl (C=O) groups excluding carboxylic acids is 2. The summed E-state index contributed by atoms with van der Waals surface area (Å²) in [7, 11) is 0. The van der Waals surface area contributed by atoms with E-state index in [1.54, 1.807) is 12.1 Å². The Hall–Kier alpha value is -3.49. The SMILES string of the molecule is O=C(CNC(=O)c1cccc([N+](=O)[O-])c1)NCCCCOc1ccc(F)cc1. The molecule has 2 aromatic carbocycles. The Morgan fingerprint density at radius 3 is 2.54 bits per heavy atom. The molecule has 0 aromatic heterocycles. The van der Waals surface area contributed by atoms with Gasteiger partial charge >= 0.3 is 0 Å². The predicted molar refractivity (Wildman–Crippen MR) is 99.6 cm³/mol. The number of amides is 2. The summed E-state index contributed by atoms with van der Waals surface area (Å²) >= 11 is 0. The van der Waals surface area contributed by atoms with Crippen LogP contribution >= 0.6 is 0 Å². The Kier molecular flexibility index (Phi) is 7.89. The van der Waals surface area contributed by atoms with Crippen molar-refractivity contribution in [3.8, 4) is 5.75 Å². The molecule has 0 fully saturated rings. The van der Waals surface area contributed by atoms with Crippen molar-refractivity contribution in [2.24, 2.45) is 0 Å². The van der Waals surface area contributed by atoms with Gasteiger partial charge in [-0.2, -0.15) is 0 Å². The molecule has 0 aliphatic heterocycles. The van der Waals surface area contributed by atoms with E-state index in [9.17, 15) is 24.1 Å². The second-order valence-corrected chi connectivity index (χ2v) is 5.85. The highest BCUT2D eigenvalue weighted by Crippen LogP contribution is 2.13. The Morgan fingerprint density at radius 2 is 1.82 bits per heavy atom. The first kappa shape index (κ1) is 20.8. The molecule has 0 aliphatic rings. The fourth-order valence-corrected chi connectivity index (χ4v) is 2.26. The molecule has 0 bridgehead atoms. The molecule has 2 rings (SSSR count). The van der Waals surface area contributed by atoms with Crippen LogP contribution in [-0.2, 0) is 4.79 Å². The maximum Gasteiger partial charge on any atom is 0.270 e. The van der Waals surface area contributed by atoms with Crippen LogP contribution in [0.1, 0.15) is 23.2 Å². The number of nitrogens with zero attached hydrogens (tertiary/aromatic N) is 1. The van der Waals surface area contributed by atoms with Crippen LogP contribution in [0.2, 0.25) is 0 Å². The van der Waals surface area contributed by atoms with E-state index in [2.05, 4.69) is 10.6 Å². The Morgan fingerprint density at radius 1 is 1.07 bits per heavy atom. The van der Waals surface area contributed by atoms with Crippen LogP contribution in [0.5, 0.6) is 5.75 Å². The van der Waals surface area contributed by atoms with Gasteiger partial charge in [-0.25, -0.2) is 4.39 Å². The van der Waals surface area contributed by atoms with Crippen LogP contribution in [0.25, 0.3) is 0 Å². The number of hydrogen-bond acceptors (Lipinski definition) is 5. The summed E-state index contributed by atoms with van der Waals surface area (Å²) in [5.74, 6) is -0.674. The normalized spacial score (nSPS) is 10.2. The number of rotatable bonds is 10. The monoisotopic (exact) mass is 389 g/mol. The highest BCUT2D eigenvalue weighted by Gasteiger charge is 2.12. The summed E-state index contributed by atoms with van der Waals surface area (Å²) < 4.78 is 18.2. The van der Waals surface area contributed by atoms with Crippen molar-refractivity contribution in [2.45, 2.75) is 12.8 Å². The molecular weight excluding hydrogens is 369 g/mol.